The second kappa shape index (κ2) is 7.86. The molecule has 1 atom stereocenters. The number of phenolic OH excluding ortho intramolecular Hbond substituents is 1. The van der Waals surface area contributed by atoms with Gasteiger partial charge in [-0.1, -0.05) is 42.0 Å². The third kappa shape index (κ3) is 3.92. The Balaban J connectivity index is 1.46. The quantitative estimate of drug-likeness (QED) is 0.717. The number of amides is 1. The fourth-order valence-electron chi connectivity index (χ4n) is 3.45. The van der Waals surface area contributed by atoms with E-state index in [2.05, 4.69) is 23.6 Å². The van der Waals surface area contributed by atoms with E-state index in [9.17, 15) is 9.90 Å². The van der Waals surface area contributed by atoms with Crippen molar-refractivity contribution in [3.63, 3.8) is 0 Å². The lowest BCUT2D eigenvalue weighted by atomic mass is 10.1. The van der Waals surface area contributed by atoms with E-state index in [0.29, 0.717) is 19.7 Å². The van der Waals surface area contributed by atoms with Gasteiger partial charge in [-0.15, -0.1) is 0 Å². The van der Waals surface area contributed by atoms with Crippen LogP contribution >= 0.6 is 0 Å². The van der Waals surface area contributed by atoms with Gasteiger partial charge in [0.2, 0.25) is 0 Å². The summed E-state index contributed by atoms with van der Waals surface area (Å²) in [4.78, 5) is 12.5. The minimum atomic E-state index is -0.319. The van der Waals surface area contributed by atoms with Gasteiger partial charge in [0.1, 0.15) is 11.9 Å². The predicted octanol–water partition coefficient (Wildman–Crippen LogP) is 2.99. The number of nitrogens with one attached hydrogen (secondary N) is 1. The lowest BCUT2D eigenvalue weighted by Crippen LogP contribution is -2.32. The van der Waals surface area contributed by atoms with Crippen LogP contribution in [0.4, 0.5) is 0 Å². The number of aromatic hydroxyl groups is 1. The second-order valence-corrected chi connectivity index (χ2v) is 7.06. The smallest absolute Gasteiger partial charge is 0.255 e. The lowest BCUT2D eigenvalue weighted by molar-refractivity contribution is 0.0383. The standard InChI is InChI=1S/C22H23N3O3/c1-15-7-8-19(26)18(11-15)22(27)23-12-20-21-17(9-10-28-20)14-25(24-21)13-16-5-3-2-4-6-16/h2-8,11,14,20,26H,9-10,12-13H2,1H3,(H,23,27)/t20-/m1/s1. The summed E-state index contributed by atoms with van der Waals surface area (Å²) in [5.41, 5.74) is 4.39. The van der Waals surface area contributed by atoms with Crippen LogP contribution in [0.3, 0.4) is 0 Å². The maximum atomic E-state index is 12.5. The predicted molar refractivity (Wildman–Crippen MR) is 105 cm³/mol. The van der Waals surface area contributed by atoms with Crippen molar-refractivity contribution in [2.45, 2.75) is 26.0 Å². The molecule has 2 N–H and O–H groups in total. The number of hydrogen-bond acceptors (Lipinski definition) is 4. The number of benzene rings is 2. The Hall–Kier alpha value is -3.12. The molecule has 6 nitrogen and oxygen atoms in total. The maximum absolute atomic E-state index is 12.5. The molecule has 6 heteroatoms. The Kier molecular flexibility index (Phi) is 5.12. The van der Waals surface area contributed by atoms with Gasteiger partial charge in [0, 0.05) is 12.7 Å². The van der Waals surface area contributed by atoms with Gasteiger partial charge in [-0.05, 0) is 36.6 Å². The Morgan fingerprint density at radius 1 is 1.29 bits per heavy atom. The molecule has 0 saturated heterocycles. The second-order valence-electron chi connectivity index (χ2n) is 7.06. The average molecular weight is 377 g/mol. The average Bonchev–Trinajstić information content (AvgIpc) is 3.11. The van der Waals surface area contributed by atoms with Crippen LogP contribution < -0.4 is 5.32 Å². The number of nitrogens with zero attached hydrogens (tertiary/aromatic N) is 2. The monoisotopic (exact) mass is 377 g/mol. The number of phenols is 1. The highest BCUT2D eigenvalue weighted by Gasteiger charge is 2.25. The first-order valence-corrected chi connectivity index (χ1v) is 9.40. The molecule has 3 aromatic rings. The molecule has 0 unspecified atom stereocenters. The zero-order chi connectivity index (χ0) is 19.5. The normalized spacial score (nSPS) is 15.8. The van der Waals surface area contributed by atoms with Crippen molar-refractivity contribution >= 4 is 5.91 Å². The Morgan fingerprint density at radius 2 is 2.11 bits per heavy atom. The van der Waals surface area contributed by atoms with Crippen LogP contribution in [0.25, 0.3) is 0 Å². The van der Waals surface area contributed by atoms with Crippen molar-refractivity contribution in [2.75, 3.05) is 13.2 Å². The van der Waals surface area contributed by atoms with Crippen LogP contribution in [0.2, 0.25) is 0 Å². The van der Waals surface area contributed by atoms with E-state index in [1.807, 2.05) is 29.8 Å². The van der Waals surface area contributed by atoms with E-state index in [1.54, 1.807) is 12.1 Å². The number of ether oxygens (including phenoxy) is 1. The molecule has 0 bridgehead atoms. The number of carbonyl (C=O) groups excluding carboxylic acids is 1. The summed E-state index contributed by atoms with van der Waals surface area (Å²) in [5.74, 6) is -0.346. The molecule has 4 rings (SSSR count). The number of hydrogen-bond donors (Lipinski definition) is 2. The summed E-state index contributed by atoms with van der Waals surface area (Å²) in [6, 6.07) is 15.1. The molecule has 2 aromatic carbocycles. The van der Waals surface area contributed by atoms with Gasteiger partial charge in [-0.25, -0.2) is 0 Å². The van der Waals surface area contributed by atoms with Gasteiger partial charge in [0.05, 0.1) is 24.4 Å². The minimum Gasteiger partial charge on any atom is -0.507 e. The van der Waals surface area contributed by atoms with Gasteiger partial charge in [0.25, 0.3) is 5.91 Å². The fourth-order valence-corrected chi connectivity index (χ4v) is 3.45. The molecule has 1 aromatic heterocycles. The molecule has 2 heterocycles. The molecular formula is C22H23N3O3. The number of aryl methyl sites for hydroxylation is 1. The van der Waals surface area contributed by atoms with Gasteiger partial charge in [0.15, 0.2) is 0 Å². The van der Waals surface area contributed by atoms with Gasteiger partial charge in [-0.3, -0.25) is 9.48 Å². The molecule has 1 amide bonds. The van der Waals surface area contributed by atoms with E-state index in [0.717, 1.165) is 23.2 Å². The first-order chi connectivity index (χ1) is 13.6. The van der Waals surface area contributed by atoms with E-state index in [1.165, 1.54) is 11.6 Å². The van der Waals surface area contributed by atoms with E-state index >= 15 is 0 Å². The van der Waals surface area contributed by atoms with Crippen molar-refractivity contribution in [3.05, 3.63) is 82.7 Å². The number of fused-ring (bicyclic) bond motifs is 1. The van der Waals surface area contributed by atoms with Crippen LogP contribution in [0, 0.1) is 6.92 Å². The zero-order valence-electron chi connectivity index (χ0n) is 15.8. The van der Waals surface area contributed by atoms with Gasteiger partial charge < -0.3 is 15.2 Å². The largest absolute Gasteiger partial charge is 0.507 e. The summed E-state index contributed by atoms with van der Waals surface area (Å²) in [7, 11) is 0. The van der Waals surface area contributed by atoms with Crippen molar-refractivity contribution in [1.29, 1.82) is 0 Å². The summed E-state index contributed by atoms with van der Waals surface area (Å²) < 4.78 is 7.78. The van der Waals surface area contributed by atoms with Gasteiger partial charge >= 0.3 is 0 Å². The zero-order valence-corrected chi connectivity index (χ0v) is 15.8. The molecule has 28 heavy (non-hydrogen) atoms. The number of rotatable bonds is 5. The molecule has 1 aliphatic rings. The summed E-state index contributed by atoms with van der Waals surface area (Å²) in [6.45, 7) is 3.48. The number of carbonyl (C=O) groups is 1. The van der Waals surface area contributed by atoms with E-state index in [4.69, 9.17) is 9.84 Å². The molecule has 0 spiro atoms. The van der Waals surface area contributed by atoms with Crippen LogP contribution in [0.5, 0.6) is 5.75 Å². The van der Waals surface area contributed by atoms with Crippen molar-refractivity contribution < 1.29 is 14.6 Å². The van der Waals surface area contributed by atoms with E-state index in [-0.39, 0.29) is 23.3 Å². The molecular weight excluding hydrogens is 354 g/mol. The third-order valence-electron chi connectivity index (χ3n) is 4.90. The van der Waals surface area contributed by atoms with Crippen molar-refractivity contribution in [1.82, 2.24) is 15.1 Å². The first-order valence-electron chi connectivity index (χ1n) is 9.40. The Labute approximate surface area is 163 Å². The molecule has 1 aliphatic heterocycles. The minimum absolute atomic E-state index is 0.0273. The third-order valence-corrected chi connectivity index (χ3v) is 4.90. The van der Waals surface area contributed by atoms with Gasteiger partial charge in [-0.2, -0.15) is 5.10 Å². The van der Waals surface area contributed by atoms with Crippen LogP contribution in [-0.4, -0.2) is 33.9 Å². The molecule has 0 radical (unpaired) electrons. The SMILES string of the molecule is Cc1ccc(O)c(C(=O)NC[C@H]2OCCc3cn(Cc4ccccc4)nc32)c1. The molecule has 144 valence electrons. The fraction of sp³-hybridized carbons (Fsp3) is 0.273. The first kappa shape index (κ1) is 18.3. The van der Waals surface area contributed by atoms with Crippen LogP contribution in [-0.2, 0) is 17.7 Å². The highest BCUT2D eigenvalue weighted by Crippen LogP contribution is 2.26. The Morgan fingerprint density at radius 3 is 2.93 bits per heavy atom. The van der Waals surface area contributed by atoms with Crippen molar-refractivity contribution in [3.8, 4) is 5.75 Å². The topological polar surface area (TPSA) is 76.4 Å². The summed E-state index contributed by atoms with van der Waals surface area (Å²) in [6.07, 6.45) is 2.58. The molecule has 0 saturated carbocycles. The summed E-state index contributed by atoms with van der Waals surface area (Å²) in [5, 5.41) is 17.5. The van der Waals surface area contributed by atoms with Crippen LogP contribution in [0.1, 0.15) is 38.8 Å². The highest BCUT2D eigenvalue weighted by molar-refractivity contribution is 5.97. The van der Waals surface area contributed by atoms with E-state index < -0.39 is 0 Å². The maximum Gasteiger partial charge on any atom is 0.255 e. The highest BCUT2D eigenvalue weighted by atomic mass is 16.5. The van der Waals surface area contributed by atoms with Crippen LogP contribution in [0.15, 0.2) is 54.7 Å². The Bertz CT molecular complexity index is 982. The van der Waals surface area contributed by atoms with Crippen molar-refractivity contribution in [2.24, 2.45) is 0 Å². The molecule has 0 fully saturated rings. The number of aromatic nitrogens is 2. The lowest BCUT2D eigenvalue weighted by Gasteiger charge is -2.22. The molecule has 0 aliphatic carbocycles. The summed E-state index contributed by atoms with van der Waals surface area (Å²) >= 11 is 0.